The average Bonchev–Trinajstić information content (AvgIpc) is 2.22. The Kier molecular flexibility index (Phi) is 4.03. The third-order valence-corrected chi connectivity index (χ3v) is 2.89. The Balaban J connectivity index is 3.20. The number of nitrogens with one attached hydrogen (secondary N) is 1. The van der Waals surface area contributed by atoms with Gasteiger partial charge < -0.3 is 11.1 Å². The molecule has 1 aromatic rings. The van der Waals surface area contributed by atoms with Gasteiger partial charge in [-0.15, -0.1) is 0 Å². The van der Waals surface area contributed by atoms with Crippen molar-refractivity contribution in [2.45, 2.75) is 19.4 Å². The molecule has 0 aliphatic rings. The fraction of sp³-hybridized carbons (Fsp3) is 0.300. The first-order valence-corrected chi connectivity index (χ1v) is 5.62. The summed E-state index contributed by atoms with van der Waals surface area (Å²) in [6, 6.07) is 2.29. The van der Waals surface area contributed by atoms with Gasteiger partial charge >= 0.3 is 0 Å². The van der Waals surface area contributed by atoms with Gasteiger partial charge in [0.25, 0.3) is 5.69 Å². The van der Waals surface area contributed by atoms with Crippen LogP contribution in [-0.4, -0.2) is 16.4 Å². The predicted octanol–water partition coefficient (Wildman–Crippen LogP) is 2.58. The smallest absolute Gasteiger partial charge is 0.272 e. The second kappa shape index (κ2) is 4.99. The number of halogens is 2. The molecule has 1 aromatic carbocycles. The van der Waals surface area contributed by atoms with Gasteiger partial charge in [0.15, 0.2) is 0 Å². The quantitative estimate of drug-likeness (QED) is 0.658. The SMILES string of the molecule is CC(C)(Nc1c(Cl)cc([N+](=O)[O-])cc1Cl)C(N)=O. The lowest BCUT2D eigenvalue weighted by Gasteiger charge is -2.24. The van der Waals surface area contributed by atoms with E-state index in [1.807, 2.05) is 0 Å². The van der Waals surface area contributed by atoms with Crippen molar-refractivity contribution < 1.29 is 9.72 Å². The third-order valence-electron chi connectivity index (χ3n) is 2.29. The van der Waals surface area contributed by atoms with Gasteiger partial charge in [-0.05, 0) is 13.8 Å². The number of amides is 1. The maximum Gasteiger partial charge on any atom is 0.272 e. The van der Waals surface area contributed by atoms with Crippen LogP contribution in [0.25, 0.3) is 0 Å². The van der Waals surface area contributed by atoms with Crippen LogP contribution in [0.2, 0.25) is 10.0 Å². The molecule has 6 nitrogen and oxygen atoms in total. The molecular formula is C10H11Cl2N3O3. The van der Waals surface area contributed by atoms with Crippen molar-refractivity contribution in [1.29, 1.82) is 0 Å². The zero-order valence-electron chi connectivity index (χ0n) is 9.66. The second-order valence-electron chi connectivity index (χ2n) is 4.16. The number of primary amides is 1. The molecule has 1 amide bonds. The standard InChI is InChI=1S/C10H11Cl2N3O3/c1-10(2,9(13)16)14-8-6(11)3-5(15(17)18)4-7(8)12/h3-4,14H,1-2H3,(H2,13,16). The number of carbonyl (C=O) groups is 1. The highest BCUT2D eigenvalue weighted by Gasteiger charge is 2.27. The second-order valence-corrected chi connectivity index (χ2v) is 4.97. The van der Waals surface area contributed by atoms with Crippen molar-refractivity contribution in [1.82, 2.24) is 0 Å². The highest BCUT2D eigenvalue weighted by Crippen LogP contribution is 2.36. The minimum atomic E-state index is -1.08. The molecule has 0 fully saturated rings. The highest BCUT2D eigenvalue weighted by atomic mass is 35.5. The highest BCUT2D eigenvalue weighted by molar-refractivity contribution is 6.39. The molecule has 3 N–H and O–H groups in total. The Morgan fingerprint density at radius 3 is 2.17 bits per heavy atom. The summed E-state index contributed by atoms with van der Waals surface area (Å²) in [5, 5.41) is 13.5. The first-order chi connectivity index (χ1) is 8.15. The topological polar surface area (TPSA) is 98.3 Å². The van der Waals surface area contributed by atoms with E-state index in [1.54, 1.807) is 13.8 Å². The van der Waals surface area contributed by atoms with Crippen LogP contribution in [0.3, 0.4) is 0 Å². The lowest BCUT2D eigenvalue weighted by molar-refractivity contribution is -0.384. The minimum Gasteiger partial charge on any atom is -0.369 e. The van der Waals surface area contributed by atoms with Crippen LogP contribution in [0.4, 0.5) is 11.4 Å². The van der Waals surface area contributed by atoms with Crippen LogP contribution in [0.1, 0.15) is 13.8 Å². The van der Waals surface area contributed by atoms with Gasteiger partial charge in [0.1, 0.15) is 5.54 Å². The lowest BCUT2D eigenvalue weighted by Crippen LogP contribution is -2.45. The monoisotopic (exact) mass is 291 g/mol. The normalized spacial score (nSPS) is 11.1. The van der Waals surface area contributed by atoms with Crippen LogP contribution in [0.15, 0.2) is 12.1 Å². The molecule has 0 aliphatic carbocycles. The molecular weight excluding hydrogens is 281 g/mol. The van der Waals surface area contributed by atoms with E-state index in [0.717, 1.165) is 12.1 Å². The summed E-state index contributed by atoms with van der Waals surface area (Å²) in [4.78, 5) is 21.2. The van der Waals surface area contributed by atoms with Crippen molar-refractivity contribution in [3.05, 3.63) is 32.3 Å². The molecule has 0 aliphatic heterocycles. The van der Waals surface area contributed by atoms with Gasteiger partial charge in [0.2, 0.25) is 5.91 Å². The lowest BCUT2D eigenvalue weighted by atomic mass is 10.0. The molecule has 0 radical (unpaired) electrons. The van der Waals surface area contributed by atoms with Crippen LogP contribution < -0.4 is 11.1 Å². The first kappa shape index (κ1) is 14.5. The van der Waals surface area contributed by atoms with E-state index in [9.17, 15) is 14.9 Å². The summed E-state index contributed by atoms with van der Waals surface area (Å²) in [6.45, 7) is 3.09. The summed E-state index contributed by atoms with van der Waals surface area (Å²) in [5.41, 5.74) is 4.12. The number of hydrogen-bond donors (Lipinski definition) is 2. The van der Waals surface area contributed by atoms with Crippen molar-refractivity contribution in [2.24, 2.45) is 5.73 Å². The molecule has 0 heterocycles. The Labute approximate surface area is 113 Å². The molecule has 0 saturated carbocycles. The van der Waals surface area contributed by atoms with Gasteiger partial charge in [-0.3, -0.25) is 14.9 Å². The fourth-order valence-electron chi connectivity index (χ4n) is 1.16. The van der Waals surface area contributed by atoms with E-state index in [4.69, 9.17) is 28.9 Å². The first-order valence-electron chi connectivity index (χ1n) is 4.86. The molecule has 0 unspecified atom stereocenters. The Bertz CT molecular complexity index is 494. The van der Waals surface area contributed by atoms with Crippen molar-refractivity contribution in [3.8, 4) is 0 Å². The molecule has 98 valence electrons. The number of nitro benzene ring substituents is 1. The van der Waals surface area contributed by atoms with Crippen LogP contribution in [0.5, 0.6) is 0 Å². The van der Waals surface area contributed by atoms with E-state index in [2.05, 4.69) is 5.32 Å². The van der Waals surface area contributed by atoms with Gasteiger partial charge in [-0.2, -0.15) is 0 Å². The predicted molar refractivity (Wildman–Crippen MR) is 70.0 cm³/mol. The Morgan fingerprint density at radius 1 is 1.39 bits per heavy atom. The van der Waals surface area contributed by atoms with E-state index in [0.29, 0.717) is 0 Å². The minimum absolute atomic E-state index is 0.0449. The number of anilines is 1. The number of benzene rings is 1. The number of hydrogen-bond acceptors (Lipinski definition) is 4. The number of rotatable bonds is 4. The molecule has 18 heavy (non-hydrogen) atoms. The van der Waals surface area contributed by atoms with E-state index in [-0.39, 0.29) is 21.4 Å². The zero-order valence-corrected chi connectivity index (χ0v) is 11.2. The summed E-state index contributed by atoms with van der Waals surface area (Å²) in [6.07, 6.45) is 0. The van der Waals surface area contributed by atoms with Crippen molar-refractivity contribution in [2.75, 3.05) is 5.32 Å². The largest absolute Gasteiger partial charge is 0.369 e. The Morgan fingerprint density at radius 2 is 1.83 bits per heavy atom. The summed E-state index contributed by atoms with van der Waals surface area (Å²) in [5.74, 6) is -0.604. The number of carbonyl (C=O) groups excluding carboxylic acids is 1. The number of nitrogens with zero attached hydrogens (tertiary/aromatic N) is 1. The summed E-state index contributed by atoms with van der Waals surface area (Å²) < 4.78 is 0. The molecule has 8 heteroatoms. The summed E-state index contributed by atoms with van der Waals surface area (Å²) >= 11 is 11.8. The molecule has 0 spiro atoms. The third kappa shape index (κ3) is 3.02. The zero-order chi connectivity index (χ0) is 14.1. The number of nitrogens with two attached hydrogens (primary N) is 1. The van der Waals surface area contributed by atoms with Crippen molar-refractivity contribution in [3.63, 3.8) is 0 Å². The Hall–Kier alpha value is -1.53. The maximum absolute atomic E-state index is 11.2. The van der Waals surface area contributed by atoms with Crippen LogP contribution >= 0.6 is 23.2 Å². The van der Waals surface area contributed by atoms with Gasteiger partial charge in [0.05, 0.1) is 20.7 Å². The van der Waals surface area contributed by atoms with E-state index >= 15 is 0 Å². The number of nitro groups is 1. The number of non-ortho nitro benzene ring substituents is 1. The molecule has 0 bridgehead atoms. The van der Waals surface area contributed by atoms with Crippen LogP contribution in [-0.2, 0) is 4.79 Å². The molecule has 1 rings (SSSR count). The summed E-state index contributed by atoms with van der Waals surface area (Å²) in [7, 11) is 0. The van der Waals surface area contributed by atoms with Gasteiger partial charge in [-0.1, -0.05) is 23.2 Å². The van der Waals surface area contributed by atoms with E-state index in [1.165, 1.54) is 0 Å². The van der Waals surface area contributed by atoms with E-state index < -0.39 is 16.4 Å². The molecule has 0 saturated heterocycles. The molecule has 0 atom stereocenters. The van der Waals surface area contributed by atoms with Gasteiger partial charge in [-0.25, -0.2) is 0 Å². The average molecular weight is 292 g/mol. The fourth-order valence-corrected chi connectivity index (χ4v) is 1.73. The molecule has 0 aromatic heterocycles. The van der Waals surface area contributed by atoms with Crippen molar-refractivity contribution >= 4 is 40.5 Å². The van der Waals surface area contributed by atoms with Crippen LogP contribution in [0, 0.1) is 10.1 Å². The maximum atomic E-state index is 11.2. The van der Waals surface area contributed by atoms with Gasteiger partial charge in [0, 0.05) is 12.1 Å².